The number of ketones is 1. The molecule has 39 heavy (non-hydrogen) atoms. The predicted octanol–water partition coefficient (Wildman–Crippen LogP) is 4.41. The fraction of sp³-hybridized carbons (Fsp3) is 0.412. The van der Waals surface area contributed by atoms with Gasteiger partial charge in [-0.25, -0.2) is 4.79 Å². The number of hydrogen-bond donors (Lipinski definition) is 0. The third-order valence-corrected chi connectivity index (χ3v) is 12.0. The average Bonchev–Trinajstić information content (AvgIpc) is 2.95. The van der Waals surface area contributed by atoms with Crippen molar-refractivity contribution in [3.05, 3.63) is 91.0 Å². The van der Waals surface area contributed by atoms with E-state index in [4.69, 9.17) is 4.74 Å². The van der Waals surface area contributed by atoms with Crippen LogP contribution in [0, 0.1) is 0 Å². The largest absolute Gasteiger partial charge is 1.00 e. The van der Waals surface area contributed by atoms with Gasteiger partial charge in [0.1, 0.15) is 29.0 Å². The summed E-state index contributed by atoms with van der Waals surface area (Å²) in [7, 11) is -2.33. The third-order valence-electron chi connectivity index (χ3n) is 7.27. The van der Waals surface area contributed by atoms with E-state index < -0.39 is 7.26 Å². The number of halogens is 1. The molecule has 3 aromatic rings. The number of rotatable bonds is 17. The van der Waals surface area contributed by atoms with Crippen LogP contribution in [-0.2, 0) is 14.3 Å². The van der Waals surface area contributed by atoms with Gasteiger partial charge >= 0.3 is 5.97 Å². The summed E-state index contributed by atoms with van der Waals surface area (Å²) < 4.78 is 5.79. The van der Waals surface area contributed by atoms with Gasteiger partial charge in [0.05, 0.1) is 6.61 Å². The molecule has 3 rings (SSSR count). The van der Waals surface area contributed by atoms with Gasteiger partial charge in [-0.3, -0.25) is 0 Å². The Morgan fingerprint density at radius 3 is 1.41 bits per heavy atom. The van der Waals surface area contributed by atoms with E-state index in [1.54, 1.807) is 6.92 Å². The Morgan fingerprint density at radius 2 is 1.03 bits per heavy atom. The fourth-order valence-electron chi connectivity index (χ4n) is 5.46. The van der Waals surface area contributed by atoms with Crippen molar-refractivity contribution in [1.29, 1.82) is 0 Å². The van der Waals surface area contributed by atoms with Gasteiger partial charge in [0, 0.05) is 6.42 Å². The van der Waals surface area contributed by atoms with Gasteiger partial charge in [0.2, 0.25) is 0 Å². The first-order valence-electron chi connectivity index (χ1n) is 14.3. The number of carbonyl (C=O) groups excluding carboxylic acids is 2. The molecule has 0 radical (unpaired) electrons. The molecule has 3 aromatic carbocycles. The Hall–Kier alpha value is -2.29. The monoisotopic (exact) mass is 610 g/mol. The summed E-state index contributed by atoms with van der Waals surface area (Å²) in [6.07, 6.45) is 10.6. The van der Waals surface area contributed by atoms with Crippen molar-refractivity contribution in [2.24, 2.45) is 0 Å². The maximum Gasteiger partial charge on any atom is 0.348 e. The zero-order valence-electron chi connectivity index (χ0n) is 23.6. The second-order valence-corrected chi connectivity index (χ2v) is 13.7. The lowest BCUT2D eigenvalue weighted by Crippen LogP contribution is -3.00. The normalized spacial score (nSPS) is 11.8. The third kappa shape index (κ3) is 9.40. The zero-order chi connectivity index (χ0) is 27.1. The average molecular weight is 612 g/mol. The summed E-state index contributed by atoms with van der Waals surface area (Å²) in [5.41, 5.74) is -0.235. The molecule has 0 aliphatic heterocycles. The highest BCUT2D eigenvalue weighted by molar-refractivity contribution is 7.96. The summed E-state index contributed by atoms with van der Waals surface area (Å²) >= 11 is 0. The van der Waals surface area contributed by atoms with E-state index in [0.717, 1.165) is 32.1 Å². The van der Waals surface area contributed by atoms with E-state index >= 15 is 0 Å². The summed E-state index contributed by atoms with van der Waals surface area (Å²) in [5.74, 6) is 0.212. The molecule has 0 fully saturated rings. The van der Waals surface area contributed by atoms with Crippen molar-refractivity contribution >= 4 is 34.9 Å². The fourth-order valence-corrected chi connectivity index (χ4v) is 10.3. The van der Waals surface area contributed by atoms with Crippen LogP contribution in [-0.4, -0.2) is 24.0 Å². The van der Waals surface area contributed by atoms with E-state index in [1.807, 2.05) is 25.1 Å². The molecule has 1 unspecified atom stereocenters. The zero-order valence-corrected chi connectivity index (χ0v) is 26.0. The van der Waals surface area contributed by atoms with Crippen LogP contribution in [0.4, 0.5) is 0 Å². The van der Waals surface area contributed by atoms with E-state index in [0.29, 0.717) is 18.8 Å². The molecule has 0 amide bonds. The molecular formula is C34H44BrO3P. The van der Waals surface area contributed by atoms with Gasteiger partial charge in [-0.2, -0.15) is 0 Å². The topological polar surface area (TPSA) is 43.4 Å². The molecular weight excluding hydrogens is 567 g/mol. The van der Waals surface area contributed by atoms with E-state index in [2.05, 4.69) is 72.8 Å². The highest BCUT2D eigenvalue weighted by Crippen LogP contribution is 2.61. The standard InChI is InChI=1S/C34H44O3P.BrH/c1-3-37-34(36)33(28-20-9-7-5-4-6-8-13-21-29(2)35)38(30-22-14-10-15-23-30,31-24-16-11-17-25-31)32-26-18-12-19-27-32;/h10-12,14-19,22-27,33H,3-9,13,20-21,28H2,1-2H3;1H/q+1;/p-1. The van der Waals surface area contributed by atoms with Crippen molar-refractivity contribution in [3.63, 3.8) is 0 Å². The molecule has 0 aliphatic carbocycles. The molecule has 1 atom stereocenters. The van der Waals surface area contributed by atoms with Crippen molar-refractivity contribution in [2.45, 2.75) is 83.7 Å². The van der Waals surface area contributed by atoms with Gasteiger partial charge in [-0.05, 0) is 69.5 Å². The minimum Gasteiger partial charge on any atom is -1.00 e. The predicted molar refractivity (Wildman–Crippen MR) is 162 cm³/mol. The minimum absolute atomic E-state index is 0. The number of Topliss-reactive ketones (excluding diaryl/α,β-unsaturated/α-hetero) is 1. The number of esters is 1. The minimum atomic E-state index is -2.33. The Kier molecular flexibility index (Phi) is 15.3. The number of carbonyl (C=O) groups is 2. The summed E-state index contributed by atoms with van der Waals surface area (Å²) in [5, 5.41) is 3.67. The molecule has 0 bridgehead atoms. The molecule has 0 spiro atoms. The van der Waals surface area contributed by atoms with Crippen LogP contribution in [0.15, 0.2) is 91.0 Å². The van der Waals surface area contributed by atoms with Gasteiger partial charge in [-0.1, -0.05) is 93.1 Å². The Morgan fingerprint density at radius 1 is 0.641 bits per heavy atom. The summed E-state index contributed by atoms with van der Waals surface area (Å²) in [6, 6.07) is 31.9. The van der Waals surface area contributed by atoms with Gasteiger partial charge in [-0.15, -0.1) is 0 Å². The molecule has 5 heteroatoms. The Bertz CT molecular complexity index is 993. The lowest BCUT2D eigenvalue weighted by atomic mass is 10.1. The number of benzene rings is 3. The Balaban J connectivity index is 0.00000533. The van der Waals surface area contributed by atoms with Crippen molar-refractivity contribution in [3.8, 4) is 0 Å². The number of unbranched alkanes of at least 4 members (excludes halogenated alkanes) is 7. The summed E-state index contributed by atoms with van der Waals surface area (Å²) in [6.45, 7) is 3.96. The van der Waals surface area contributed by atoms with Crippen molar-refractivity contribution in [2.75, 3.05) is 6.61 Å². The summed E-state index contributed by atoms with van der Waals surface area (Å²) in [4.78, 5) is 24.9. The van der Waals surface area contributed by atoms with Crippen LogP contribution in [0.1, 0.15) is 78.1 Å². The first kappa shape index (κ1) is 32.9. The van der Waals surface area contributed by atoms with Crippen LogP contribution in [0.25, 0.3) is 0 Å². The van der Waals surface area contributed by atoms with E-state index in [-0.39, 0.29) is 28.6 Å². The lowest BCUT2D eigenvalue weighted by molar-refractivity contribution is -0.142. The SMILES string of the molecule is CCOC(=O)C(CCCCCCCCCCC(C)=O)[P+](c1ccccc1)(c1ccccc1)c1ccccc1.[Br-]. The molecule has 0 saturated heterocycles. The molecule has 210 valence electrons. The van der Waals surface area contributed by atoms with Crippen LogP contribution >= 0.6 is 7.26 Å². The second-order valence-electron chi connectivity index (χ2n) is 10.1. The van der Waals surface area contributed by atoms with Crippen LogP contribution in [0.2, 0.25) is 0 Å². The highest BCUT2D eigenvalue weighted by atomic mass is 79.9. The van der Waals surface area contributed by atoms with E-state index in [1.165, 1.54) is 41.6 Å². The Labute approximate surface area is 246 Å². The first-order valence-corrected chi connectivity index (χ1v) is 16.2. The smallest absolute Gasteiger partial charge is 0.348 e. The van der Waals surface area contributed by atoms with Crippen LogP contribution in [0.5, 0.6) is 0 Å². The molecule has 0 heterocycles. The second kappa shape index (κ2) is 18.1. The highest BCUT2D eigenvalue weighted by Gasteiger charge is 2.55. The molecule has 0 aliphatic rings. The number of hydrogen-bond acceptors (Lipinski definition) is 3. The maximum atomic E-state index is 13.8. The molecule has 0 aromatic heterocycles. The van der Waals surface area contributed by atoms with Gasteiger partial charge < -0.3 is 26.5 Å². The first-order chi connectivity index (χ1) is 18.6. The van der Waals surface area contributed by atoms with Crippen molar-refractivity contribution in [1.82, 2.24) is 0 Å². The van der Waals surface area contributed by atoms with E-state index in [9.17, 15) is 9.59 Å². The quantitative estimate of drug-likeness (QED) is 0.129. The molecule has 3 nitrogen and oxygen atoms in total. The number of ether oxygens (including phenoxy) is 1. The van der Waals surface area contributed by atoms with Gasteiger partial charge in [0.15, 0.2) is 5.66 Å². The van der Waals surface area contributed by atoms with Crippen LogP contribution < -0.4 is 32.9 Å². The van der Waals surface area contributed by atoms with Crippen LogP contribution in [0.3, 0.4) is 0 Å². The molecule has 0 saturated carbocycles. The van der Waals surface area contributed by atoms with Crippen molar-refractivity contribution < 1.29 is 31.3 Å². The maximum absolute atomic E-state index is 13.8. The van der Waals surface area contributed by atoms with Gasteiger partial charge in [0.25, 0.3) is 0 Å². The molecule has 0 N–H and O–H groups in total. The lowest BCUT2D eigenvalue weighted by Gasteiger charge is -2.33.